The third-order valence-electron chi connectivity index (χ3n) is 5.22. The first kappa shape index (κ1) is 24.0. The Balaban J connectivity index is 2.24. The van der Waals surface area contributed by atoms with Gasteiger partial charge >= 0.3 is 6.36 Å². The summed E-state index contributed by atoms with van der Waals surface area (Å²) in [5.41, 5.74) is 5.22. The second kappa shape index (κ2) is 8.72. The lowest BCUT2D eigenvalue weighted by molar-refractivity contribution is -0.274. The fraction of sp³-hybridized carbons (Fsp3) is 0.273. The first-order chi connectivity index (χ1) is 15.4. The molecule has 0 saturated carbocycles. The Kier molecular flexibility index (Phi) is 6.35. The molecule has 33 heavy (non-hydrogen) atoms. The fourth-order valence-electron chi connectivity index (χ4n) is 3.84. The van der Waals surface area contributed by atoms with Crippen molar-refractivity contribution >= 4 is 22.7 Å². The van der Waals surface area contributed by atoms with Crippen molar-refractivity contribution in [1.82, 2.24) is 4.57 Å². The SMILES string of the molecule is CCCC(C(N)=O)c1c(C)n(C(=O)c2ccc(OC(F)(F)F)cc2)c2cc(F)c(O)c(F)c12. The van der Waals surface area contributed by atoms with Gasteiger partial charge in [-0.05, 0) is 43.2 Å². The minimum absolute atomic E-state index is 0.0255. The van der Waals surface area contributed by atoms with E-state index in [0.717, 1.165) is 34.9 Å². The summed E-state index contributed by atoms with van der Waals surface area (Å²) in [7, 11) is 0. The molecular formula is C22H19F5N2O4. The highest BCUT2D eigenvalue weighted by Gasteiger charge is 2.33. The molecule has 3 rings (SSSR count). The zero-order valence-electron chi connectivity index (χ0n) is 17.5. The molecule has 176 valence electrons. The molecule has 6 nitrogen and oxygen atoms in total. The van der Waals surface area contributed by atoms with E-state index in [2.05, 4.69) is 4.74 Å². The third-order valence-corrected chi connectivity index (χ3v) is 5.22. The van der Waals surface area contributed by atoms with E-state index in [0.29, 0.717) is 6.42 Å². The molecule has 0 saturated heterocycles. The van der Waals surface area contributed by atoms with Gasteiger partial charge in [-0.2, -0.15) is 0 Å². The maximum Gasteiger partial charge on any atom is 0.573 e. The van der Waals surface area contributed by atoms with Crippen molar-refractivity contribution in [2.75, 3.05) is 0 Å². The lowest BCUT2D eigenvalue weighted by Crippen LogP contribution is -2.22. The van der Waals surface area contributed by atoms with Crippen LogP contribution in [0.1, 0.15) is 47.3 Å². The number of nitrogens with two attached hydrogens (primary N) is 1. The fourth-order valence-corrected chi connectivity index (χ4v) is 3.84. The number of fused-ring (bicyclic) bond motifs is 1. The first-order valence-electron chi connectivity index (χ1n) is 9.79. The molecule has 0 bridgehead atoms. The van der Waals surface area contributed by atoms with Crippen LogP contribution in [0.4, 0.5) is 22.0 Å². The van der Waals surface area contributed by atoms with Crippen LogP contribution < -0.4 is 10.5 Å². The molecule has 0 aliphatic heterocycles. The van der Waals surface area contributed by atoms with Crippen LogP contribution in [-0.4, -0.2) is 27.9 Å². The van der Waals surface area contributed by atoms with Gasteiger partial charge in [-0.1, -0.05) is 13.3 Å². The number of alkyl halides is 3. The zero-order valence-corrected chi connectivity index (χ0v) is 17.5. The molecule has 11 heteroatoms. The number of rotatable bonds is 6. The average molecular weight is 470 g/mol. The highest BCUT2D eigenvalue weighted by atomic mass is 19.4. The van der Waals surface area contributed by atoms with Gasteiger partial charge < -0.3 is 15.6 Å². The van der Waals surface area contributed by atoms with Gasteiger partial charge in [-0.15, -0.1) is 13.2 Å². The molecule has 0 aliphatic carbocycles. The van der Waals surface area contributed by atoms with Gasteiger partial charge in [0.15, 0.2) is 17.4 Å². The lowest BCUT2D eigenvalue weighted by atomic mass is 9.91. The number of carbonyl (C=O) groups excluding carboxylic acids is 2. The Morgan fingerprint density at radius 1 is 1.18 bits per heavy atom. The number of hydrogen-bond donors (Lipinski definition) is 2. The molecule has 0 aliphatic rings. The maximum absolute atomic E-state index is 15.0. The number of aromatic hydroxyl groups is 1. The number of benzene rings is 2. The number of amides is 1. The Hall–Kier alpha value is -3.63. The Labute approximate surface area is 184 Å². The smallest absolute Gasteiger partial charge is 0.503 e. The zero-order chi connectivity index (χ0) is 24.7. The Morgan fingerprint density at radius 2 is 1.79 bits per heavy atom. The summed E-state index contributed by atoms with van der Waals surface area (Å²) >= 11 is 0. The molecule has 2 aromatic carbocycles. The monoisotopic (exact) mass is 470 g/mol. The molecule has 1 heterocycles. The predicted molar refractivity (Wildman–Crippen MR) is 108 cm³/mol. The third kappa shape index (κ3) is 4.48. The van der Waals surface area contributed by atoms with E-state index in [1.807, 2.05) is 0 Å². The quantitative estimate of drug-likeness (QED) is 0.502. The summed E-state index contributed by atoms with van der Waals surface area (Å²) in [6.45, 7) is 3.15. The van der Waals surface area contributed by atoms with Gasteiger partial charge in [0.1, 0.15) is 5.75 Å². The molecule has 0 radical (unpaired) electrons. The van der Waals surface area contributed by atoms with E-state index in [9.17, 15) is 36.6 Å². The van der Waals surface area contributed by atoms with Gasteiger partial charge in [-0.25, -0.2) is 8.78 Å². The molecule has 1 unspecified atom stereocenters. The van der Waals surface area contributed by atoms with Crippen molar-refractivity contribution in [3.05, 3.63) is 58.8 Å². The van der Waals surface area contributed by atoms with E-state index >= 15 is 0 Å². The minimum Gasteiger partial charge on any atom is -0.503 e. The van der Waals surface area contributed by atoms with E-state index in [1.54, 1.807) is 6.92 Å². The molecule has 1 atom stereocenters. The highest BCUT2D eigenvalue weighted by molar-refractivity contribution is 6.05. The number of nitrogens with zero attached hydrogens (tertiary/aromatic N) is 1. The molecule has 1 aromatic heterocycles. The van der Waals surface area contributed by atoms with Crippen LogP contribution in [0.5, 0.6) is 11.5 Å². The molecule has 1 amide bonds. The molecule has 3 N–H and O–H groups in total. The Morgan fingerprint density at radius 3 is 2.30 bits per heavy atom. The number of carbonyl (C=O) groups is 2. The summed E-state index contributed by atoms with van der Waals surface area (Å²) in [4.78, 5) is 25.3. The molecule has 3 aromatic rings. The number of primary amides is 1. The van der Waals surface area contributed by atoms with Gasteiger partial charge in [0.2, 0.25) is 5.91 Å². The number of aromatic nitrogens is 1. The second-order valence-electron chi connectivity index (χ2n) is 7.37. The van der Waals surface area contributed by atoms with E-state index in [4.69, 9.17) is 5.73 Å². The van der Waals surface area contributed by atoms with Gasteiger partial charge in [0.25, 0.3) is 5.91 Å². The predicted octanol–water partition coefficient (Wildman–Crippen LogP) is 4.89. The number of halogens is 5. The second-order valence-corrected chi connectivity index (χ2v) is 7.37. The Bertz CT molecular complexity index is 1230. The molecular weight excluding hydrogens is 451 g/mol. The first-order valence-corrected chi connectivity index (χ1v) is 9.79. The summed E-state index contributed by atoms with van der Waals surface area (Å²) in [5.74, 6) is -7.19. The van der Waals surface area contributed by atoms with Crippen LogP contribution in [0.25, 0.3) is 10.9 Å². The average Bonchev–Trinajstić information content (AvgIpc) is 3.00. The van der Waals surface area contributed by atoms with Gasteiger partial charge in [0.05, 0.1) is 11.4 Å². The van der Waals surface area contributed by atoms with Crippen LogP contribution in [-0.2, 0) is 4.79 Å². The van der Waals surface area contributed by atoms with Crippen LogP contribution in [0, 0.1) is 18.6 Å². The van der Waals surface area contributed by atoms with Crippen molar-refractivity contribution < 1.29 is 41.4 Å². The minimum atomic E-state index is -4.92. The number of ether oxygens (including phenoxy) is 1. The maximum atomic E-state index is 15.0. The molecule has 0 fully saturated rings. The standard InChI is InChI=1S/C22H19F5N2O4/c1-3-4-13(20(28)31)16-10(2)29(15-9-14(23)19(30)18(24)17(15)16)21(32)11-5-7-12(8-6-11)33-22(25,26)27/h5-9,13,30H,3-4H2,1-2H3,(H2,28,31). The van der Waals surface area contributed by atoms with Crippen molar-refractivity contribution in [3.63, 3.8) is 0 Å². The highest BCUT2D eigenvalue weighted by Crippen LogP contribution is 2.40. The van der Waals surface area contributed by atoms with Crippen molar-refractivity contribution in [3.8, 4) is 11.5 Å². The van der Waals surface area contributed by atoms with E-state index in [1.165, 1.54) is 6.92 Å². The summed E-state index contributed by atoms with van der Waals surface area (Å²) in [6.07, 6.45) is -4.25. The van der Waals surface area contributed by atoms with E-state index < -0.39 is 47.2 Å². The molecule has 0 spiro atoms. The normalized spacial score (nSPS) is 12.7. The van der Waals surface area contributed by atoms with Crippen LogP contribution >= 0.6 is 0 Å². The topological polar surface area (TPSA) is 94.6 Å². The summed E-state index contributed by atoms with van der Waals surface area (Å²) in [5, 5.41) is 9.45. The van der Waals surface area contributed by atoms with Crippen molar-refractivity contribution in [2.24, 2.45) is 5.73 Å². The number of phenols is 1. The van der Waals surface area contributed by atoms with E-state index in [-0.39, 0.29) is 34.1 Å². The number of hydrogen-bond acceptors (Lipinski definition) is 4. The largest absolute Gasteiger partial charge is 0.573 e. The van der Waals surface area contributed by atoms with Gasteiger partial charge in [0, 0.05) is 22.7 Å². The number of phenolic OH excluding ortho intramolecular Hbond substituents is 1. The lowest BCUT2D eigenvalue weighted by Gasteiger charge is -2.14. The van der Waals surface area contributed by atoms with Crippen molar-refractivity contribution in [1.29, 1.82) is 0 Å². The summed E-state index contributed by atoms with van der Waals surface area (Å²) < 4.78 is 71.0. The van der Waals surface area contributed by atoms with Crippen LogP contribution in [0.15, 0.2) is 30.3 Å². The van der Waals surface area contributed by atoms with Crippen molar-refractivity contribution in [2.45, 2.75) is 39.0 Å². The summed E-state index contributed by atoms with van der Waals surface area (Å²) in [6, 6.07) is 4.68. The van der Waals surface area contributed by atoms with Gasteiger partial charge in [-0.3, -0.25) is 14.2 Å². The van der Waals surface area contributed by atoms with Crippen LogP contribution in [0.2, 0.25) is 0 Å². The van der Waals surface area contributed by atoms with Crippen LogP contribution in [0.3, 0.4) is 0 Å².